The van der Waals surface area contributed by atoms with Crippen molar-refractivity contribution >= 4 is 28.9 Å². The van der Waals surface area contributed by atoms with E-state index in [9.17, 15) is 9.59 Å². The second-order valence-corrected chi connectivity index (χ2v) is 6.87. The van der Waals surface area contributed by atoms with Crippen LogP contribution in [-0.4, -0.2) is 29.8 Å². The van der Waals surface area contributed by atoms with Crippen LogP contribution in [-0.2, 0) is 9.53 Å². The van der Waals surface area contributed by atoms with Crippen LogP contribution >= 0.6 is 11.3 Å². The number of nitrogens with zero attached hydrogens (tertiary/aromatic N) is 1. The Bertz CT molecular complexity index is 1020. The summed E-state index contributed by atoms with van der Waals surface area (Å²) >= 11 is 1.34. The molecule has 7 nitrogen and oxygen atoms in total. The molecular weight excluding hydrogens is 380 g/mol. The number of esters is 1. The standard InChI is InChI=1S/C20H16N2O5S/c1-12(18(23)21-14-7-8-16-17(9-14)26-11-25-16)27-20(24)15-10-28-19(22-15)13-5-3-2-4-6-13/h2-10,12H,11H2,1H3,(H,21,23)/t12-/m0/s1. The summed E-state index contributed by atoms with van der Waals surface area (Å²) in [5.74, 6) is 0.0751. The lowest BCUT2D eigenvalue weighted by Gasteiger charge is -2.13. The Morgan fingerprint density at radius 1 is 1.14 bits per heavy atom. The van der Waals surface area contributed by atoms with Crippen LogP contribution in [0.4, 0.5) is 5.69 Å². The number of aromatic nitrogens is 1. The molecule has 1 atom stereocenters. The number of amides is 1. The van der Waals surface area contributed by atoms with Gasteiger partial charge in [0.05, 0.1) is 0 Å². The molecule has 2 heterocycles. The van der Waals surface area contributed by atoms with Crippen LogP contribution in [0.5, 0.6) is 11.5 Å². The Morgan fingerprint density at radius 2 is 1.93 bits per heavy atom. The van der Waals surface area contributed by atoms with E-state index in [2.05, 4.69) is 10.3 Å². The molecule has 1 aromatic heterocycles. The lowest BCUT2D eigenvalue weighted by atomic mass is 10.2. The van der Waals surface area contributed by atoms with Crippen LogP contribution in [0.1, 0.15) is 17.4 Å². The molecule has 1 aliphatic heterocycles. The minimum atomic E-state index is -0.986. The molecule has 0 radical (unpaired) electrons. The molecule has 1 aliphatic rings. The third kappa shape index (κ3) is 3.81. The molecule has 0 saturated heterocycles. The van der Waals surface area contributed by atoms with E-state index in [0.29, 0.717) is 22.2 Å². The Kier molecular flexibility index (Phi) is 4.94. The molecule has 1 N–H and O–H groups in total. The lowest BCUT2D eigenvalue weighted by Crippen LogP contribution is -2.30. The molecule has 8 heteroatoms. The molecular formula is C20H16N2O5S. The third-order valence-electron chi connectivity index (χ3n) is 4.03. The van der Waals surface area contributed by atoms with Gasteiger partial charge in [-0.2, -0.15) is 0 Å². The van der Waals surface area contributed by atoms with Gasteiger partial charge in [-0.15, -0.1) is 11.3 Å². The third-order valence-corrected chi connectivity index (χ3v) is 4.92. The normalized spacial score (nSPS) is 13.0. The second kappa shape index (κ2) is 7.69. The molecule has 142 valence electrons. The van der Waals surface area contributed by atoms with Gasteiger partial charge < -0.3 is 19.5 Å². The monoisotopic (exact) mass is 396 g/mol. The van der Waals surface area contributed by atoms with Crippen LogP contribution in [0.3, 0.4) is 0 Å². The zero-order valence-corrected chi connectivity index (χ0v) is 15.7. The fraction of sp³-hybridized carbons (Fsp3) is 0.150. The van der Waals surface area contributed by atoms with Gasteiger partial charge in [-0.3, -0.25) is 4.79 Å². The number of rotatable bonds is 5. The highest BCUT2D eigenvalue weighted by atomic mass is 32.1. The van der Waals surface area contributed by atoms with Gasteiger partial charge in [-0.25, -0.2) is 9.78 Å². The maximum Gasteiger partial charge on any atom is 0.358 e. The van der Waals surface area contributed by atoms with Crippen molar-refractivity contribution in [2.45, 2.75) is 13.0 Å². The Morgan fingerprint density at radius 3 is 2.75 bits per heavy atom. The molecule has 3 aromatic rings. The Labute approximate surface area is 164 Å². The largest absolute Gasteiger partial charge is 0.454 e. The average Bonchev–Trinajstić information content (AvgIpc) is 3.38. The summed E-state index contributed by atoms with van der Waals surface area (Å²) in [5, 5.41) is 5.02. The molecule has 4 rings (SSSR count). The summed E-state index contributed by atoms with van der Waals surface area (Å²) in [6.45, 7) is 1.66. The predicted molar refractivity (Wildman–Crippen MR) is 104 cm³/mol. The van der Waals surface area contributed by atoms with Gasteiger partial charge in [0.1, 0.15) is 5.01 Å². The number of carbonyl (C=O) groups is 2. The number of nitrogens with one attached hydrogen (secondary N) is 1. The number of ether oxygens (including phenoxy) is 3. The number of anilines is 1. The predicted octanol–water partition coefficient (Wildman–Crippen LogP) is 3.72. The number of hydrogen-bond donors (Lipinski definition) is 1. The molecule has 0 fully saturated rings. The van der Waals surface area contributed by atoms with Crippen molar-refractivity contribution in [3.8, 4) is 22.1 Å². The van der Waals surface area contributed by atoms with Crippen molar-refractivity contribution < 1.29 is 23.8 Å². The van der Waals surface area contributed by atoms with Gasteiger partial charge in [0, 0.05) is 22.7 Å². The van der Waals surface area contributed by atoms with Gasteiger partial charge in [0.2, 0.25) is 6.79 Å². The number of thiazole rings is 1. The van der Waals surface area contributed by atoms with E-state index in [-0.39, 0.29) is 12.5 Å². The van der Waals surface area contributed by atoms with E-state index in [4.69, 9.17) is 14.2 Å². The summed E-state index contributed by atoms with van der Waals surface area (Å²) < 4.78 is 15.8. The van der Waals surface area contributed by atoms with Gasteiger partial charge in [0.15, 0.2) is 23.3 Å². The first-order chi connectivity index (χ1) is 13.6. The van der Waals surface area contributed by atoms with E-state index in [1.54, 1.807) is 23.6 Å². The van der Waals surface area contributed by atoms with Crippen LogP contribution in [0.2, 0.25) is 0 Å². The van der Waals surface area contributed by atoms with Crippen molar-refractivity contribution in [1.29, 1.82) is 0 Å². The number of carbonyl (C=O) groups excluding carboxylic acids is 2. The molecule has 2 aromatic carbocycles. The van der Waals surface area contributed by atoms with E-state index in [1.165, 1.54) is 18.3 Å². The van der Waals surface area contributed by atoms with E-state index >= 15 is 0 Å². The van der Waals surface area contributed by atoms with E-state index in [0.717, 1.165) is 5.56 Å². The zero-order valence-electron chi connectivity index (χ0n) is 14.9. The van der Waals surface area contributed by atoms with Crippen LogP contribution in [0.25, 0.3) is 10.6 Å². The molecule has 0 spiro atoms. The first kappa shape index (κ1) is 18.0. The van der Waals surface area contributed by atoms with Crippen LogP contribution < -0.4 is 14.8 Å². The Hall–Kier alpha value is -3.39. The topological polar surface area (TPSA) is 86.8 Å². The molecule has 28 heavy (non-hydrogen) atoms. The first-order valence-electron chi connectivity index (χ1n) is 8.52. The second-order valence-electron chi connectivity index (χ2n) is 6.01. The molecule has 0 aliphatic carbocycles. The van der Waals surface area contributed by atoms with Crippen molar-refractivity contribution in [2.24, 2.45) is 0 Å². The molecule has 0 unspecified atom stereocenters. The maximum absolute atomic E-state index is 12.3. The lowest BCUT2D eigenvalue weighted by molar-refractivity contribution is -0.123. The molecule has 0 saturated carbocycles. The fourth-order valence-corrected chi connectivity index (χ4v) is 3.37. The summed E-state index contributed by atoms with van der Waals surface area (Å²) in [4.78, 5) is 28.9. The highest BCUT2D eigenvalue weighted by Gasteiger charge is 2.22. The smallest absolute Gasteiger partial charge is 0.358 e. The maximum atomic E-state index is 12.3. The van der Waals surface area contributed by atoms with Gasteiger partial charge in [0.25, 0.3) is 5.91 Å². The van der Waals surface area contributed by atoms with Crippen molar-refractivity contribution in [3.05, 3.63) is 59.6 Å². The van der Waals surface area contributed by atoms with Gasteiger partial charge in [-0.05, 0) is 19.1 Å². The first-order valence-corrected chi connectivity index (χ1v) is 9.40. The van der Waals surface area contributed by atoms with Crippen LogP contribution in [0.15, 0.2) is 53.9 Å². The van der Waals surface area contributed by atoms with E-state index < -0.39 is 18.0 Å². The fourth-order valence-electron chi connectivity index (χ4n) is 2.57. The summed E-state index contributed by atoms with van der Waals surface area (Å²) in [5.41, 5.74) is 1.61. The van der Waals surface area contributed by atoms with Gasteiger partial charge in [-0.1, -0.05) is 30.3 Å². The minimum Gasteiger partial charge on any atom is -0.454 e. The highest BCUT2D eigenvalue weighted by Crippen LogP contribution is 2.34. The highest BCUT2D eigenvalue weighted by molar-refractivity contribution is 7.13. The molecule has 1 amide bonds. The van der Waals surface area contributed by atoms with Crippen molar-refractivity contribution in [1.82, 2.24) is 4.98 Å². The van der Waals surface area contributed by atoms with E-state index in [1.807, 2.05) is 30.3 Å². The summed E-state index contributed by atoms with van der Waals surface area (Å²) in [6.07, 6.45) is -0.986. The quantitative estimate of drug-likeness (QED) is 0.662. The average molecular weight is 396 g/mol. The summed E-state index contributed by atoms with van der Waals surface area (Å²) in [6, 6.07) is 14.6. The van der Waals surface area contributed by atoms with Crippen molar-refractivity contribution in [3.63, 3.8) is 0 Å². The molecule has 0 bridgehead atoms. The number of hydrogen-bond acceptors (Lipinski definition) is 7. The number of fused-ring (bicyclic) bond motifs is 1. The van der Waals surface area contributed by atoms with Crippen molar-refractivity contribution in [2.75, 3.05) is 12.1 Å². The van der Waals surface area contributed by atoms with Gasteiger partial charge >= 0.3 is 5.97 Å². The SMILES string of the molecule is C[C@H](OC(=O)c1csc(-c2ccccc2)n1)C(=O)Nc1ccc2c(c1)OCO2. The summed E-state index contributed by atoms with van der Waals surface area (Å²) in [7, 11) is 0. The van der Waals surface area contributed by atoms with Crippen LogP contribution in [0, 0.1) is 0 Å². The zero-order chi connectivity index (χ0) is 19.5. The number of benzene rings is 2. The minimum absolute atomic E-state index is 0.152. The Balaban J connectivity index is 1.37.